The van der Waals surface area contributed by atoms with Gasteiger partial charge in [0.15, 0.2) is 0 Å². The van der Waals surface area contributed by atoms with Crippen LogP contribution in [-0.2, 0) is 23.0 Å². The molecule has 0 saturated heterocycles. The summed E-state index contributed by atoms with van der Waals surface area (Å²) in [5, 5.41) is 13.0. The average molecular weight is 447 g/mol. The quantitative estimate of drug-likeness (QED) is 0.704. The molecular weight excluding hydrogens is 420 g/mol. The van der Waals surface area contributed by atoms with Crippen LogP contribution >= 0.6 is 11.3 Å². The molecule has 0 aliphatic carbocycles. The summed E-state index contributed by atoms with van der Waals surface area (Å²) in [4.78, 5) is 16.2. The largest absolute Gasteiger partial charge is 0.312 e. The topological polar surface area (TPSA) is 93.5 Å². The number of hydrogen-bond acceptors (Lipinski definition) is 6. The van der Waals surface area contributed by atoms with E-state index in [1.54, 1.807) is 7.05 Å². The molecule has 1 aromatic carbocycles. The molecular formula is C21H26N4O3S2. The molecule has 0 saturated carbocycles. The predicted octanol–water partition coefficient (Wildman–Crippen LogP) is 3.28. The van der Waals surface area contributed by atoms with Crippen LogP contribution in [0.2, 0.25) is 0 Å². The molecule has 0 radical (unpaired) electrons. The second kappa shape index (κ2) is 9.27. The van der Waals surface area contributed by atoms with E-state index in [-0.39, 0.29) is 10.8 Å². The Morgan fingerprint density at radius 1 is 1.33 bits per heavy atom. The molecule has 0 fully saturated rings. The Morgan fingerprint density at radius 2 is 2.03 bits per heavy atom. The first-order valence-corrected chi connectivity index (χ1v) is 12.1. The minimum Gasteiger partial charge on any atom is -0.312 e. The van der Waals surface area contributed by atoms with Gasteiger partial charge in [0.25, 0.3) is 5.91 Å². The number of sulfonamides is 1. The van der Waals surface area contributed by atoms with Gasteiger partial charge in [0.2, 0.25) is 10.0 Å². The summed E-state index contributed by atoms with van der Waals surface area (Å²) < 4.78 is 26.6. The number of amides is 1. The molecule has 160 valence electrons. The molecule has 1 N–H and O–H groups in total. The van der Waals surface area contributed by atoms with Crippen LogP contribution in [-0.4, -0.2) is 50.7 Å². The Kier molecular flexibility index (Phi) is 6.93. The van der Waals surface area contributed by atoms with E-state index < -0.39 is 10.0 Å². The molecule has 0 unspecified atom stereocenters. The van der Waals surface area contributed by atoms with E-state index in [0.29, 0.717) is 22.7 Å². The summed E-state index contributed by atoms with van der Waals surface area (Å²) in [5.41, 5.74) is 1.90. The lowest BCUT2D eigenvalue weighted by atomic mass is 10.0. The lowest BCUT2D eigenvalue weighted by Gasteiger charge is -2.21. The van der Waals surface area contributed by atoms with Crippen LogP contribution in [0.25, 0.3) is 0 Å². The van der Waals surface area contributed by atoms with Crippen molar-refractivity contribution in [2.45, 2.75) is 37.6 Å². The van der Waals surface area contributed by atoms with Crippen molar-refractivity contribution in [3.8, 4) is 6.07 Å². The van der Waals surface area contributed by atoms with E-state index in [2.05, 4.69) is 16.3 Å². The maximum absolute atomic E-state index is 12.7. The van der Waals surface area contributed by atoms with Crippen molar-refractivity contribution in [3.05, 3.63) is 45.8 Å². The van der Waals surface area contributed by atoms with Crippen molar-refractivity contribution < 1.29 is 13.2 Å². The van der Waals surface area contributed by atoms with Gasteiger partial charge in [-0.2, -0.15) is 5.26 Å². The van der Waals surface area contributed by atoms with Gasteiger partial charge in [0.1, 0.15) is 11.1 Å². The summed E-state index contributed by atoms with van der Waals surface area (Å²) in [6.07, 6.45) is 2.49. The van der Waals surface area contributed by atoms with Crippen LogP contribution < -0.4 is 5.32 Å². The lowest BCUT2D eigenvalue weighted by Crippen LogP contribution is -2.28. The number of fused-ring (bicyclic) bond motifs is 1. The van der Waals surface area contributed by atoms with E-state index >= 15 is 0 Å². The van der Waals surface area contributed by atoms with Gasteiger partial charge in [0, 0.05) is 37.1 Å². The van der Waals surface area contributed by atoms with Gasteiger partial charge >= 0.3 is 0 Å². The third-order valence-corrected chi connectivity index (χ3v) is 8.24. The highest BCUT2D eigenvalue weighted by molar-refractivity contribution is 7.89. The van der Waals surface area contributed by atoms with Gasteiger partial charge < -0.3 is 10.2 Å². The number of carbonyl (C=O) groups excluding carboxylic acids is 1. The molecule has 1 amide bonds. The normalized spacial score (nSPS) is 14.4. The number of carbonyl (C=O) groups is 1. The molecule has 1 aromatic heterocycles. The molecule has 1 aliphatic rings. The molecule has 0 atom stereocenters. The van der Waals surface area contributed by atoms with Gasteiger partial charge in [-0.1, -0.05) is 13.3 Å². The second-order valence-corrected chi connectivity index (χ2v) is 10.6. The van der Waals surface area contributed by atoms with Crippen LogP contribution in [0.4, 0.5) is 5.00 Å². The van der Waals surface area contributed by atoms with Crippen LogP contribution in [0.1, 0.15) is 46.1 Å². The molecule has 3 rings (SSSR count). The standard InChI is InChI=1S/C21H26N4O3S2/c1-4-5-11-25(3)30(27,28)16-8-6-15(7-9-16)20(26)23-21-18(13-22)17-10-12-24(2)14-19(17)29-21/h6-9H,4-5,10-12,14H2,1-3H3,(H,23,26). The fraction of sp³-hybridized carbons (Fsp3) is 0.429. The van der Waals surface area contributed by atoms with Gasteiger partial charge in [-0.25, -0.2) is 12.7 Å². The number of unbranched alkanes of at least 4 members (excludes halogenated alkanes) is 1. The van der Waals surface area contributed by atoms with Crippen LogP contribution in [0.3, 0.4) is 0 Å². The lowest BCUT2D eigenvalue weighted by molar-refractivity contribution is 0.102. The van der Waals surface area contributed by atoms with Crippen LogP contribution in [0, 0.1) is 11.3 Å². The Balaban J connectivity index is 1.77. The first-order valence-electron chi connectivity index (χ1n) is 9.88. The van der Waals surface area contributed by atoms with Gasteiger partial charge in [-0.15, -0.1) is 11.3 Å². The number of benzene rings is 1. The molecule has 0 bridgehead atoms. The Labute approximate surface area is 182 Å². The van der Waals surface area contributed by atoms with Gasteiger partial charge in [0.05, 0.1) is 10.5 Å². The van der Waals surface area contributed by atoms with E-state index in [9.17, 15) is 18.5 Å². The third-order valence-electron chi connectivity index (χ3n) is 5.24. The van der Waals surface area contributed by atoms with E-state index in [1.807, 2.05) is 14.0 Å². The highest BCUT2D eigenvalue weighted by Crippen LogP contribution is 2.36. The number of nitrogens with zero attached hydrogens (tertiary/aromatic N) is 3. The number of nitriles is 1. The van der Waals surface area contributed by atoms with Crippen molar-refractivity contribution in [2.75, 3.05) is 32.5 Å². The summed E-state index contributed by atoms with van der Waals surface area (Å²) in [5.74, 6) is -0.360. The Hall–Kier alpha value is -2.25. The van der Waals surface area contributed by atoms with Gasteiger partial charge in [-0.05, 0) is 49.7 Å². The summed E-state index contributed by atoms with van der Waals surface area (Å²) in [6, 6.07) is 8.13. The zero-order valence-electron chi connectivity index (χ0n) is 17.4. The summed E-state index contributed by atoms with van der Waals surface area (Å²) in [6.45, 7) is 4.11. The minimum absolute atomic E-state index is 0.157. The fourth-order valence-electron chi connectivity index (χ4n) is 3.37. The number of anilines is 1. The Morgan fingerprint density at radius 3 is 2.67 bits per heavy atom. The molecule has 7 nitrogen and oxygen atoms in total. The molecule has 0 spiro atoms. The SMILES string of the molecule is CCCCN(C)S(=O)(=O)c1ccc(C(=O)Nc2sc3c(c2C#N)CCN(C)C3)cc1. The van der Waals surface area contributed by atoms with Crippen LogP contribution in [0.5, 0.6) is 0 Å². The first-order chi connectivity index (χ1) is 14.3. The maximum atomic E-state index is 12.7. The van der Waals surface area contributed by atoms with E-state index in [1.165, 1.54) is 39.9 Å². The Bertz CT molecular complexity index is 1070. The monoisotopic (exact) mass is 446 g/mol. The van der Waals surface area contributed by atoms with Crippen molar-refractivity contribution in [1.29, 1.82) is 5.26 Å². The van der Waals surface area contributed by atoms with E-state index in [0.717, 1.165) is 42.8 Å². The van der Waals surface area contributed by atoms with Crippen molar-refractivity contribution in [1.82, 2.24) is 9.21 Å². The smallest absolute Gasteiger partial charge is 0.256 e. The van der Waals surface area contributed by atoms with Crippen molar-refractivity contribution >= 4 is 32.3 Å². The van der Waals surface area contributed by atoms with Gasteiger partial charge in [-0.3, -0.25) is 4.79 Å². The molecule has 30 heavy (non-hydrogen) atoms. The van der Waals surface area contributed by atoms with Crippen molar-refractivity contribution in [3.63, 3.8) is 0 Å². The number of thiophene rings is 1. The summed E-state index contributed by atoms with van der Waals surface area (Å²) >= 11 is 1.43. The van der Waals surface area contributed by atoms with E-state index in [4.69, 9.17) is 0 Å². The number of hydrogen-bond donors (Lipinski definition) is 1. The van der Waals surface area contributed by atoms with Crippen LogP contribution in [0.15, 0.2) is 29.2 Å². The highest BCUT2D eigenvalue weighted by Gasteiger charge is 2.24. The number of rotatable bonds is 7. The average Bonchev–Trinajstić information content (AvgIpc) is 3.07. The third kappa shape index (κ3) is 4.57. The second-order valence-electron chi connectivity index (χ2n) is 7.47. The highest BCUT2D eigenvalue weighted by atomic mass is 32.2. The molecule has 2 aromatic rings. The number of nitrogens with one attached hydrogen (secondary N) is 1. The zero-order valence-corrected chi connectivity index (χ0v) is 19.1. The molecule has 9 heteroatoms. The van der Waals surface area contributed by atoms with Crippen molar-refractivity contribution in [2.24, 2.45) is 0 Å². The molecule has 1 aliphatic heterocycles. The zero-order chi connectivity index (χ0) is 21.9. The minimum atomic E-state index is -3.57. The number of likely N-dealkylation sites (N-methyl/N-ethyl adjacent to an activating group) is 1. The predicted molar refractivity (Wildman–Crippen MR) is 118 cm³/mol. The molecule has 2 heterocycles. The fourth-order valence-corrected chi connectivity index (χ4v) is 5.85. The maximum Gasteiger partial charge on any atom is 0.256 e. The summed E-state index contributed by atoms with van der Waals surface area (Å²) in [7, 11) is 0.0159. The first kappa shape index (κ1) is 22.4.